The minimum Gasteiger partial charge on any atom is -0.472 e. The predicted molar refractivity (Wildman–Crippen MR) is 126 cm³/mol. The summed E-state index contributed by atoms with van der Waals surface area (Å²) in [5.41, 5.74) is 15.4. The van der Waals surface area contributed by atoms with Crippen molar-refractivity contribution in [2.45, 2.75) is 51.5 Å². The number of nitrogens with two attached hydrogens (primary N) is 2. The van der Waals surface area contributed by atoms with E-state index in [1.807, 2.05) is 35.8 Å². The molecule has 4 aromatic rings. The monoisotopic (exact) mass is 459 g/mol. The van der Waals surface area contributed by atoms with Crippen LogP contribution in [0, 0.1) is 11.8 Å². The Balaban J connectivity index is 1.63. The molecule has 0 bridgehead atoms. The first kappa shape index (κ1) is 21.9. The lowest BCUT2D eigenvalue weighted by atomic mass is 10.1. The fourth-order valence-electron chi connectivity index (χ4n) is 4.17. The lowest BCUT2D eigenvalue weighted by molar-refractivity contribution is 0.143. The number of rotatable bonds is 4. The van der Waals surface area contributed by atoms with Gasteiger partial charge < -0.3 is 25.9 Å². The molecule has 0 saturated carbocycles. The number of pyridine rings is 1. The van der Waals surface area contributed by atoms with E-state index in [0.717, 1.165) is 16.6 Å². The smallest absolute Gasteiger partial charge is 0.217 e. The van der Waals surface area contributed by atoms with E-state index in [0.29, 0.717) is 41.6 Å². The number of hydrogen-bond donors (Lipinski definition) is 3. The molecule has 3 heterocycles. The first-order valence-corrected chi connectivity index (χ1v) is 11.0. The van der Waals surface area contributed by atoms with E-state index in [2.05, 4.69) is 33.2 Å². The zero-order chi connectivity index (χ0) is 24.0. The molecule has 174 valence electrons. The van der Waals surface area contributed by atoms with Gasteiger partial charge in [0, 0.05) is 19.0 Å². The van der Waals surface area contributed by atoms with Crippen molar-refractivity contribution in [1.82, 2.24) is 24.8 Å². The van der Waals surface area contributed by atoms with Gasteiger partial charge in [0.1, 0.15) is 22.9 Å². The molecule has 3 aromatic heterocycles. The van der Waals surface area contributed by atoms with Gasteiger partial charge in [-0.25, -0.2) is 14.6 Å². The minimum absolute atomic E-state index is 0.133. The second-order valence-corrected chi connectivity index (χ2v) is 8.75. The van der Waals surface area contributed by atoms with Crippen LogP contribution in [0.4, 0.5) is 5.82 Å². The van der Waals surface area contributed by atoms with Gasteiger partial charge in [-0.05, 0) is 48.1 Å². The molecule has 0 unspecified atom stereocenters. The van der Waals surface area contributed by atoms with Crippen LogP contribution in [0.15, 0.2) is 35.0 Å². The normalized spacial score (nSPS) is 17.4. The van der Waals surface area contributed by atoms with Crippen molar-refractivity contribution in [3.63, 3.8) is 0 Å². The van der Waals surface area contributed by atoms with Crippen LogP contribution in [0.25, 0.3) is 22.6 Å². The van der Waals surface area contributed by atoms with Gasteiger partial charge in [0.15, 0.2) is 17.3 Å². The van der Waals surface area contributed by atoms with Crippen LogP contribution in [-0.2, 0) is 13.0 Å². The minimum atomic E-state index is -1.21. The van der Waals surface area contributed by atoms with Crippen LogP contribution in [0.2, 0.25) is 0 Å². The number of nitrogens with zero attached hydrogens (tertiary/aromatic N) is 5. The quantitative estimate of drug-likeness (QED) is 0.390. The number of anilines is 1. The van der Waals surface area contributed by atoms with E-state index in [1.165, 1.54) is 0 Å². The van der Waals surface area contributed by atoms with E-state index >= 15 is 0 Å². The van der Waals surface area contributed by atoms with E-state index in [-0.39, 0.29) is 18.0 Å². The average Bonchev–Trinajstić information content (AvgIpc) is 3.47. The van der Waals surface area contributed by atoms with Crippen LogP contribution in [0.5, 0.6) is 5.88 Å². The summed E-state index contributed by atoms with van der Waals surface area (Å²) >= 11 is 0. The van der Waals surface area contributed by atoms with E-state index in [9.17, 15) is 5.11 Å². The molecule has 0 spiro atoms. The largest absolute Gasteiger partial charge is 0.472 e. The van der Waals surface area contributed by atoms with Crippen molar-refractivity contribution >= 4 is 16.9 Å². The molecule has 2 atom stereocenters. The molecular formula is C24H25N7O3. The fraction of sp³-hybridized carbons (Fsp3) is 0.333. The third-order valence-electron chi connectivity index (χ3n) is 5.75. The van der Waals surface area contributed by atoms with Crippen LogP contribution >= 0.6 is 0 Å². The summed E-state index contributed by atoms with van der Waals surface area (Å²) in [6.07, 6.45) is 0.409. The number of ether oxygens (including phenoxy) is 1. The Morgan fingerprint density at radius 3 is 2.74 bits per heavy atom. The number of aryl methyl sites for hydroxylation is 1. The van der Waals surface area contributed by atoms with Gasteiger partial charge in [0.2, 0.25) is 5.88 Å². The highest BCUT2D eigenvalue weighted by Crippen LogP contribution is 2.34. The Bertz CT molecular complexity index is 1440. The third-order valence-corrected chi connectivity index (χ3v) is 5.75. The number of benzene rings is 1. The van der Waals surface area contributed by atoms with Crippen LogP contribution in [0.3, 0.4) is 0 Å². The van der Waals surface area contributed by atoms with Gasteiger partial charge in [-0.1, -0.05) is 30.2 Å². The molecule has 0 aliphatic heterocycles. The van der Waals surface area contributed by atoms with Crippen LogP contribution < -0.4 is 16.2 Å². The second kappa shape index (κ2) is 8.13. The molecule has 5 rings (SSSR count). The third kappa shape index (κ3) is 3.85. The molecule has 0 radical (unpaired) electrons. The summed E-state index contributed by atoms with van der Waals surface area (Å²) in [5.74, 6) is 6.75. The molecule has 5 N–H and O–H groups in total. The molecule has 1 aliphatic carbocycles. The lowest BCUT2D eigenvalue weighted by Crippen LogP contribution is -2.28. The Labute approximate surface area is 195 Å². The predicted octanol–water partition coefficient (Wildman–Crippen LogP) is 2.21. The fourth-order valence-corrected chi connectivity index (χ4v) is 4.17. The summed E-state index contributed by atoms with van der Waals surface area (Å²) < 4.78 is 13.0. The first-order chi connectivity index (χ1) is 16.2. The standard InChI is InChI=1S/C24H25N7O3/c1-4-31-16-12-18(33-17-11-13-7-5-6-8-14(13)19(17)25)27-15(9-10-24(2,3)32)20(16)28-23(31)21-22(26)30-34-29-21/h5-8,12,17,19,32H,4,11,25H2,1-3H3,(H2,26,30)/t17-,19+/m0/s1. The highest BCUT2D eigenvalue weighted by atomic mass is 16.6. The SMILES string of the molecule is CCn1c(-c2nonc2N)nc2c(C#CC(C)(C)O)nc(O[C@H]3Cc4ccccc4[C@H]3N)cc21. The molecule has 1 aromatic carbocycles. The Hall–Kier alpha value is -3.94. The molecule has 0 fully saturated rings. The molecule has 10 heteroatoms. The zero-order valence-electron chi connectivity index (χ0n) is 19.1. The number of aliphatic hydroxyl groups is 1. The zero-order valence-corrected chi connectivity index (χ0v) is 19.1. The maximum absolute atomic E-state index is 10.2. The Morgan fingerprint density at radius 1 is 1.26 bits per heavy atom. The Kier molecular flexibility index (Phi) is 5.23. The lowest BCUT2D eigenvalue weighted by Gasteiger charge is -2.18. The molecule has 34 heavy (non-hydrogen) atoms. The second-order valence-electron chi connectivity index (χ2n) is 8.75. The summed E-state index contributed by atoms with van der Waals surface area (Å²) in [6, 6.07) is 9.59. The molecule has 10 nitrogen and oxygen atoms in total. The van der Waals surface area contributed by atoms with Crippen molar-refractivity contribution < 1.29 is 14.5 Å². The van der Waals surface area contributed by atoms with Gasteiger partial charge in [0.05, 0.1) is 11.6 Å². The van der Waals surface area contributed by atoms with Crippen molar-refractivity contribution in [1.29, 1.82) is 0 Å². The first-order valence-electron chi connectivity index (χ1n) is 11.0. The van der Waals surface area contributed by atoms with Gasteiger partial charge in [-0.15, -0.1) is 0 Å². The number of fused-ring (bicyclic) bond motifs is 2. The number of imidazole rings is 1. The van der Waals surface area contributed by atoms with E-state index < -0.39 is 5.60 Å². The van der Waals surface area contributed by atoms with Gasteiger partial charge in [0.25, 0.3) is 0 Å². The molecule has 1 aliphatic rings. The van der Waals surface area contributed by atoms with Crippen molar-refractivity contribution in [2.24, 2.45) is 5.73 Å². The van der Waals surface area contributed by atoms with Crippen molar-refractivity contribution in [2.75, 3.05) is 5.73 Å². The van der Waals surface area contributed by atoms with E-state index in [1.54, 1.807) is 13.8 Å². The molecular weight excluding hydrogens is 434 g/mol. The number of hydrogen-bond acceptors (Lipinski definition) is 9. The summed E-state index contributed by atoms with van der Waals surface area (Å²) in [7, 11) is 0. The molecule has 0 amide bonds. The van der Waals surface area contributed by atoms with Crippen molar-refractivity contribution in [3.8, 4) is 29.2 Å². The number of aromatic nitrogens is 5. The van der Waals surface area contributed by atoms with Crippen LogP contribution in [0.1, 0.15) is 43.6 Å². The summed E-state index contributed by atoms with van der Waals surface area (Å²) in [6.45, 7) is 5.74. The van der Waals surface area contributed by atoms with Gasteiger partial charge in [-0.3, -0.25) is 0 Å². The maximum atomic E-state index is 10.2. The van der Waals surface area contributed by atoms with Gasteiger partial charge >= 0.3 is 0 Å². The Morgan fingerprint density at radius 2 is 2.06 bits per heavy atom. The van der Waals surface area contributed by atoms with Crippen LogP contribution in [-0.4, -0.2) is 41.7 Å². The highest BCUT2D eigenvalue weighted by Gasteiger charge is 2.32. The van der Waals surface area contributed by atoms with Gasteiger partial charge in [-0.2, -0.15) is 0 Å². The summed E-state index contributed by atoms with van der Waals surface area (Å²) in [5, 5.41) is 17.7. The molecule has 0 saturated heterocycles. The van der Waals surface area contributed by atoms with Crippen molar-refractivity contribution in [3.05, 3.63) is 47.2 Å². The van der Waals surface area contributed by atoms with E-state index in [4.69, 9.17) is 25.8 Å². The summed E-state index contributed by atoms with van der Waals surface area (Å²) in [4.78, 5) is 9.33. The highest BCUT2D eigenvalue weighted by molar-refractivity contribution is 5.86. The average molecular weight is 460 g/mol. The maximum Gasteiger partial charge on any atom is 0.217 e. The number of nitrogen functional groups attached to an aromatic ring is 1. The topological polar surface area (TPSA) is 151 Å².